The van der Waals surface area contributed by atoms with Crippen LogP contribution in [0.2, 0.25) is 5.02 Å². The van der Waals surface area contributed by atoms with Gasteiger partial charge in [0.15, 0.2) is 0 Å². The van der Waals surface area contributed by atoms with Crippen molar-refractivity contribution in [3.63, 3.8) is 0 Å². The van der Waals surface area contributed by atoms with Crippen LogP contribution >= 0.6 is 24.2 Å². The number of benzodiazepines with no additional fused rings is 1. The lowest BCUT2D eigenvalue weighted by Gasteiger charge is -2.10. The Balaban J connectivity index is 0.000000774. The smallest absolute Gasteiger partial charge is 0.246 e. The minimum absolute atomic E-state index is 0.116. The van der Waals surface area contributed by atoms with E-state index in [1.54, 1.807) is 18.4 Å². The van der Waals surface area contributed by atoms with E-state index in [2.05, 4.69) is 22.9 Å². The Bertz CT molecular complexity index is 671. The van der Waals surface area contributed by atoms with Gasteiger partial charge in [-0.1, -0.05) is 41.9 Å². The fourth-order valence-corrected chi connectivity index (χ4v) is 2.26. The first-order chi connectivity index (χ1) is 10.2. The molecule has 1 N–H and O–H groups in total. The number of carbonyl (C=O) groups is 1. The van der Waals surface area contributed by atoms with Crippen LogP contribution in [-0.4, -0.2) is 24.4 Å². The van der Waals surface area contributed by atoms with Crippen molar-refractivity contribution in [1.82, 2.24) is 0 Å². The van der Waals surface area contributed by atoms with Crippen LogP contribution in [0.25, 0.3) is 0 Å². The van der Waals surface area contributed by atoms with Gasteiger partial charge < -0.3 is 5.32 Å². The Hall–Kier alpha value is -1.78. The fourth-order valence-electron chi connectivity index (χ4n) is 2.09. The molecular weight excluding hydrogens is 304 g/mol. The molecule has 1 heterocycles. The Morgan fingerprint density at radius 1 is 1.14 bits per heavy atom. The largest absolute Gasteiger partial charge is 0.324 e. The summed E-state index contributed by atoms with van der Waals surface area (Å²) < 4.78 is 0. The van der Waals surface area contributed by atoms with E-state index >= 15 is 0 Å². The molecule has 0 aliphatic carbocycles. The number of amides is 1. The zero-order valence-electron chi connectivity index (χ0n) is 11.5. The highest BCUT2D eigenvalue weighted by Crippen LogP contribution is 2.25. The summed E-state index contributed by atoms with van der Waals surface area (Å²) in [7, 11) is 0. The summed E-state index contributed by atoms with van der Waals surface area (Å²) >= 11 is 9.58. The maximum absolute atomic E-state index is 11.7. The molecule has 2 aromatic rings. The number of carbonyl (C=O) groups excluding carboxylic acids is 1. The second kappa shape index (κ2) is 7.29. The zero-order chi connectivity index (χ0) is 15.2. The van der Waals surface area contributed by atoms with Crippen molar-refractivity contribution in [2.24, 2.45) is 4.99 Å². The number of fused-ring (bicyclic) bond motifs is 1. The first-order valence-corrected chi connectivity index (χ1v) is 7.65. The predicted octanol–water partition coefficient (Wildman–Crippen LogP) is 3.68. The van der Waals surface area contributed by atoms with E-state index < -0.39 is 0 Å². The maximum Gasteiger partial charge on any atom is 0.246 e. The number of hydrogen-bond donors (Lipinski definition) is 2. The molecule has 3 rings (SSSR count). The van der Waals surface area contributed by atoms with Gasteiger partial charge in [0, 0.05) is 16.1 Å². The summed E-state index contributed by atoms with van der Waals surface area (Å²) in [6, 6.07) is 15.2. The van der Waals surface area contributed by atoms with Crippen LogP contribution < -0.4 is 5.32 Å². The van der Waals surface area contributed by atoms with Gasteiger partial charge in [0.05, 0.1) is 11.4 Å². The number of nitrogens with zero attached hydrogens (tertiary/aromatic N) is 1. The number of hydrogen-bond acceptors (Lipinski definition) is 3. The van der Waals surface area contributed by atoms with Crippen molar-refractivity contribution in [3.8, 4) is 0 Å². The summed E-state index contributed by atoms with van der Waals surface area (Å²) in [6.45, 7) is 0.122. The van der Waals surface area contributed by atoms with Crippen LogP contribution in [0.5, 0.6) is 0 Å². The average Bonchev–Trinajstić information content (AvgIpc) is 2.68. The van der Waals surface area contributed by atoms with Gasteiger partial charge in [-0.2, -0.15) is 12.6 Å². The topological polar surface area (TPSA) is 41.5 Å². The molecule has 0 radical (unpaired) electrons. The highest BCUT2D eigenvalue weighted by molar-refractivity contribution is 7.79. The van der Waals surface area contributed by atoms with Crippen LogP contribution in [0.4, 0.5) is 5.69 Å². The molecule has 1 aliphatic rings. The lowest BCUT2D eigenvalue weighted by atomic mass is 10.0. The molecule has 0 aromatic heterocycles. The molecule has 0 bridgehead atoms. The van der Waals surface area contributed by atoms with Gasteiger partial charge in [0.2, 0.25) is 5.91 Å². The van der Waals surface area contributed by atoms with E-state index in [0.29, 0.717) is 5.02 Å². The number of rotatable bonds is 1. The molecule has 5 heteroatoms. The molecule has 0 fully saturated rings. The predicted molar refractivity (Wildman–Crippen MR) is 91.9 cm³/mol. The van der Waals surface area contributed by atoms with E-state index in [0.717, 1.165) is 22.5 Å². The number of nitrogens with one attached hydrogen (secondary N) is 1. The number of benzene rings is 2. The summed E-state index contributed by atoms with van der Waals surface area (Å²) in [6.07, 6.45) is 1.69. The number of aliphatic imine (C=N–C) groups is 1. The first kappa shape index (κ1) is 15.6. The van der Waals surface area contributed by atoms with Crippen molar-refractivity contribution in [2.75, 3.05) is 18.1 Å². The van der Waals surface area contributed by atoms with Gasteiger partial charge in [-0.05, 0) is 24.5 Å². The highest BCUT2D eigenvalue weighted by atomic mass is 35.5. The third-order valence-corrected chi connectivity index (χ3v) is 3.17. The van der Waals surface area contributed by atoms with E-state index in [1.165, 1.54) is 0 Å². The molecule has 108 valence electrons. The molecule has 1 amide bonds. The summed E-state index contributed by atoms with van der Waals surface area (Å²) in [5.74, 6) is -0.116. The van der Waals surface area contributed by atoms with Gasteiger partial charge in [-0.3, -0.25) is 9.79 Å². The molecule has 0 unspecified atom stereocenters. The molecule has 0 saturated carbocycles. The molecular formula is C16H15ClN2OS. The van der Waals surface area contributed by atoms with Crippen molar-refractivity contribution >= 4 is 41.5 Å². The molecule has 0 saturated heterocycles. The van der Waals surface area contributed by atoms with Crippen LogP contribution in [0.3, 0.4) is 0 Å². The van der Waals surface area contributed by atoms with Crippen LogP contribution in [0.15, 0.2) is 53.5 Å². The van der Waals surface area contributed by atoms with Crippen molar-refractivity contribution < 1.29 is 4.79 Å². The van der Waals surface area contributed by atoms with Gasteiger partial charge in [0.1, 0.15) is 6.54 Å². The monoisotopic (exact) mass is 318 g/mol. The Kier molecular flexibility index (Phi) is 5.42. The van der Waals surface area contributed by atoms with Crippen LogP contribution in [0, 0.1) is 0 Å². The fraction of sp³-hybridized carbons (Fsp3) is 0.125. The quantitative estimate of drug-likeness (QED) is 0.774. The summed E-state index contributed by atoms with van der Waals surface area (Å²) in [5, 5.41) is 3.46. The van der Waals surface area contributed by atoms with E-state index in [-0.39, 0.29) is 12.5 Å². The van der Waals surface area contributed by atoms with Gasteiger partial charge in [-0.15, -0.1) is 0 Å². The Labute approximate surface area is 134 Å². The second-order valence-electron chi connectivity index (χ2n) is 4.27. The number of thiol groups is 1. The van der Waals surface area contributed by atoms with E-state index in [4.69, 9.17) is 11.6 Å². The minimum Gasteiger partial charge on any atom is -0.324 e. The summed E-state index contributed by atoms with van der Waals surface area (Å²) in [5.41, 5.74) is 3.36. The third kappa shape index (κ3) is 3.65. The average molecular weight is 319 g/mol. The van der Waals surface area contributed by atoms with Crippen molar-refractivity contribution in [3.05, 3.63) is 64.7 Å². The van der Waals surface area contributed by atoms with Crippen LogP contribution in [-0.2, 0) is 4.79 Å². The lowest BCUT2D eigenvalue weighted by Crippen LogP contribution is -2.13. The number of halogens is 1. The third-order valence-electron chi connectivity index (χ3n) is 2.94. The SMILES string of the molecule is CS.O=C1CN=C(c2ccccc2)c2cc(Cl)ccc2N1. The maximum atomic E-state index is 11.7. The van der Waals surface area contributed by atoms with Gasteiger partial charge in [0.25, 0.3) is 0 Å². The molecule has 0 spiro atoms. The lowest BCUT2D eigenvalue weighted by molar-refractivity contribution is -0.114. The molecule has 3 nitrogen and oxygen atoms in total. The van der Waals surface area contributed by atoms with Gasteiger partial charge in [-0.25, -0.2) is 0 Å². The molecule has 2 aromatic carbocycles. The number of anilines is 1. The van der Waals surface area contributed by atoms with E-state index in [1.807, 2.05) is 36.4 Å². The minimum atomic E-state index is -0.116. The second-order valence-corrected chi connectivity index (χ2v) is 4.71. The first-order valence-electron chi connectivity index (χ1n) is 6.38. The van der Waals surface area contributed by atoms with Crippen LogP contribution in [0.1, 0.15) is 11.1 Å². The summed E-state index contributed by atoms with van der Waals surface area (Å²) in [4.78, 5) is 16.1. The van der Waals surface area contributed by atoms with Crippen molar-refractivity contribution in [1.29, 1.82) is 0 Å². The standard InChI is InChI=1S/C15H11ClN2O.CH4S/c16-11-6-7-13-12(8-11)15(17-9-14(19)18-13)10-4-2-1-3-5-10;1-2/h1-8H,9H2,(H,18,19);2H,1H3. The zero-order valence-corrected chi connectivity index (χ0v) is 13.2. The van der Waals surface area contributed by atoms with Gasteiger partial charge >= 0.3 is 0 Å². The Morgan fingerprint density at radius 3 is 2.57 bits per heavy atom. The molecule has 21 heavy (non-hydrogen) atoms. The normalized spacial score (nSPS) is 13.1. The molecule has 0 atom stereocenters. The molecule has 1 aliphatic heterocycles. The highest BCUT2D eigenvalue weighted by Gasteiger charge is 2.17. The van der Waals surface area contributed by atoms with E-state index in [9.17, 15) is 4.79 Å². The Morgan fingerprint density at radius 2 is 1.86 bits per heavy atom. The van der Waals surface area contributed by atoms with Crippen molar-refractivity contribution in [2.45, 2.75) is 0 Å².